The number of alkyl halides is 3. The largest absolute Gasteiger partial charge is 0.417 e. The normalized spacial score (nSPS) is 22.6. The van der Waals surface area contributed by atoms with Gasteiger partial charge in [-0.05, 0) is 37.0 Å². The van der Waals surface area contributed by atoms with E-state index in [1.807, 2.05) is 0 Å². The van der Waals surface area contributed by atoms with E-state index >= 15 is 0 Å². The molecule has 0 saturated heterocycles. The minimum atomic E-state index is -4.50. The van der Waals surface area contributed by atoms with Crippen molar-refractivity contribution in [2.45, 2.75) is 51.2 Å². The van der Waals surface area contributed by atoms with E-state index in [9.17, 15) is 13.2 Å². The molecule has 1 N–H and O–H groups in total. The standard InChI is InChI=1S/C16H19F3N2/c1-2-11-4-3-5-13(8-11)21-14-7-6-12(10-20)15(9-14)16(17,18)19/h6-7,9,11,13,21H,2-5,8H2,1H3. The van der Waals surface area contributed by atoms with E-state index in [0.29, 0.717) is 11.6 Å². The van der Waals surface area contributed by atoms with Gasteiger partial charge in [-0.3, -0.25) is 0 Å². The first-order valence-corrected chi connectivity index (χ1v) is 7.32. The molecule has 2 nitrogen and oxygen atoms in total. The second kappa shape index (κ2) is 6.38. The zero-order valence-electron chi connectivity index (χ0n) is 12.0. The molecule has 1 aliphatic rings. The fraction of sp³-hybridized carbons (Fsp3) is 0.562. The number of benzene rings is 1. The molecular weight excluding hydrogens is 277 g/mol. The number of halogens is 3. The van der Waals surface area contributed by atoms with Crippen LogP contribution in [0.5, 0.6) is 0 Å². The summed E-state index contributed by atoms with van der Waals surface area (Å²) < 4.78 is 38.8. The maximum atomic E-state index is 12.9. The smallest absolute Gasteiger partial charge is 0.382 e. The van der Waals surface area contributed by atoms with Gasteiger partial charge in [-0.1, -0.05) is 26.2 Å². The number of nitrogens with zero attached hydrogens (tertiary/aromatic N) is 1. The first-order valence-electron chi connectivity index (χ1n) is 7.32. The number of hydrogen-bond acceptors (Lipinski definition) is 2. The van der Waals surface area contributed by atoms with Gasteiger partial charge < -0.3 is 5.32 Å². The van der Waals surface area contributed by atoms with Crippen LogP contribution in [0.25, 0.3) is 0 Å². The van der Waals surface area contributed by atoms with E-state index < -0.39 is 11.7 Å². The van der Waals surface area contributed by atoms with Crippen LogP contribution in [-0.4, -0.2) is 6.04 Å². The Kier molecular flexibility index (Phi) is 4.76. The monoisotopic (exact) mass is 296 g/mol. The van der Waals surface area contributed by atoms with Crippen molar-refractivity contribution in [2.24, 2.45) is 5.92 Å². The third kappa shape index (κ3) is 3.90. The molecule has 2 unspecified atom stereocenters. The third-order valence-electron chi connectivity index (χ3n) is 4.18. The van der Waals surface area contributed by atoms with Crippen LogP contribution in [0.15, 0.2) is 18.2 Å². The summed E-state index contributed by atoms with van der Waals surface area (Å²) in [6, 6.07) is 5.67. The SMILES string of the molecule is CCC1CCCC(Nc2ccc(C#N)c(C(F)(F)F)c2)C1. The molecular formula is C16H19F3N2. The molecule has 1 aromatic carbocycles. The summed E-state index contributed by atoms with van der Waals surface area (Å²) in [6.45, 7) is 2.15. The first-order chi connectivity index (χ1) is 9.94. The molecule has 5 heteroatoms. The molecule has 0 radical (unpaired) electrons. The fourth-order valence-corrected chi connectivity index (χ4v) is 2.99. The van der Waals surface area contributed by atoms with Crippen molar-refractivity contribution in [1.29, 1.82) is 5.26 Å². The van der Waals surface area contributed by atoms with E-state index in [4.69, 9.17) is 5.26 Å². The van der Waals surface area contributed by atoms with E-state index in [1.165, 1.54) is 12.5 Å². The number of anilines is 1. The molecule has 1 fully saturated rings. The van der Waals surface area contributed by atoms with Crippen molar-refractivity contribution >= 4 is 5.69 Å². The van der Waals surface area contributed by atoms with E-state index in [-0.39, 0.29) is 11.6 Å². The highest BCUT2D eigenvalue weighted by Gasteiger charge is 2.34. The highest BCUT2D eigenvalue weighted by atomic mass is 19.4. The van der Waals surface area contributed by atoms with Gasteiger partial charge in [0.05, 0.1) is 17.2 Å². The maximum Gasteiger partial charge on any atom is 0.417 e. The molecule has 21 heavy (non-hydrogen) atoms. The quantitative estimate of drug-likeness (QED) is 0.856. The molecule has 114 valence electrons. The Labute approximate surface area is 123 Å². The molecule has 0 bridgehead atoms. The lowest BCUT2D eigenvalue weighted by Crippen LogP contribution is -2.27. The van der Waals surface area contributed by atoms with Crippen LogP contribution in [0.1, 0.15) is 50.2 Å². The van der Waals surface area contributed by atoms with Crippen LogP contribution < -0.4 is 5.32 Å². The predicted octanol–water partition coefficient (Wildman–Crippen LogP) is 4.96. The van der Waals surface area contributed by atoms with Gasteiger partial charge in [0.15, 0.2) is 0 Å². The van der Waals surface area contributed by atoms with Crippen LogP contribution in [-0.2, 0) is 6.18 Å². The summed E-state index contributed by atoms with van der Waals surface area (Å²) >= 11 is 0. The van der Waals surface area contributed by atoms with Crippen LogP contribution in [0.4, 0.5) is 18.9 Å². The number of hydrogen-bond donors (Lipinski definition) is 1. The lowest BCUT2D eigenvalue weighted by Gasteiger charge is -2.30. The van der Waals surface area contributed by atoms with E-state index in [0.717, 1.165) is 31.7 Å². The van der Waals surface area contributed by atoms with Crippen LogP contribution in [0.3, 0.4) is 0 Å². The second-order valence-corrected chi connectivity index (χ2v) is 5.65. The van der Waals surface area contributed by atoms with Gasteiger partial charge in [-0.25, -0.2) is 0 Å². The third-order valence-corrected chi connectivity index (χ3v) is 4.18. The van der Waals surface area contributed by atoms with Crippen molar-refractivity contribution in [2.75, 3.05) is 5.32 Å². The van der Waals surface area contributed by atoms with Crippen molar-refractivity contribution in [3.63, 3.8) is 0 Å². The van der Waals surface area contributed by atoms with Gasteiger partial charge in [0.2, 0.25) is 0 Å². The predicted molar refractivity (Wildman–Crippen MR) is 75.8 cm³/mol. The Morgan fingerprint density at radius 2 is 2.10 bits per heavy atom. The molecule has 0 aromatic heterocycles. The minimum Gasteiger partial charge on any atom is -0.382 e. The van der Waals surface area contributed by atoms with E-state index in [2.05, 4.69) is 12.2 Å². The molecule has 0 aliphatic heterocycles. The Hall–Kier alpha value is -1.70. The average Bonchev–Trinajstić information content (AvgIpc) is 2.46. The minimum absolute atomic E-state index is 0.220. The Balaban J connectivity index is 2.16. The zero-order chi connectivity index (χ0) is 15.5. The summed E-state index contributed by atoms with van der Waals surface area (Å²) in [7, 11) is 0. The number of nitriles is 1. The Morgan fingerprint density at radius 3 is 2.71 bits per heavy atom. The summed E-state index contributed by atoms with van der Waals surface area (Å²) in [5.74, 6) is 0.650. The highest BCUT2D eigenvalue weighted by molar-refractivity contribution is 5.53. The lowest BCUT2D eigenvalue weighted by atomic mass is 9.84. The summed E-state index contributed by atoms with van der Waals surface area (Å²) in [5, 5.41) is 12.0. The fourth-order valence-electron chi connectivity index (χ4n) is 2.99. The van der Waals surface area contributed by atoms with Crippen molar-refractivity contribution in [1.82, 2.24) is 0 Å². The van der Waals surface area contributed by atoms with Gasteiger partial charge in [0.1, 0.15) is 0 Å². The Morgan fingerprint density at radius 1 is 1.33 bits per heavy atom. The Bertz CT molecular complexity index is 531. The topological polar surface area (TPSA) is 35.8 Å². The molecule has 1 saturated carbocycles. The molecule has 0 spiro atoms. The van der Waals surface area contributed by atoms with Gasteiger partial charge in [-0.2, -0.15) is 18.4 Å². The molecule has 2 atom stereocenters. The average molecular weight is 296 g/mol. The van der Waals surface area contributed by atoms with Gasteiger partial charge in [0, 0.05) is 11.7 Å². The van der Waals surface area contributed by atoms with Crippen LogP contribution in [0, 0.1) is 17.2 Å². The molecule has 1 aliphatic carbocycles. The van der Waals surface area contributed by atoms with Gasteiger partial charge >= 0.3 is 6.18 Å². The van der Waals surface area contributed by atoms with Crippen molar-refractivity contribution in [3.05, 3.63) is 29.3 Å². The molecule has 0 amide bonds. The van der Waals surface area contributed by atoms with Gasteiger partial charge in [0.25, 0.3) is 0 Å². The summed E-state index contributed by atoms with van der Waals surface area (Å²) in [4.78, 5) is 0. The van der Waals surface area contributed by atoms with Crippen molar-refractivity contribution in [3.8, 4) is 6.07 Å². The second-order valence-electron chi connectivity index (χ2n) is 5.65. The van der Waals surface area contributed by atoms with Crippen LogP contribution in [0.2, 0.25) is 0 Å². The highest BCUT2D eigenvalue weighted by Crippen LogP contribution is 2.34. The summed E-state index contributed by atoms with van der Waals surface area (Å²) in [5.41, 5.74) is -0.746. The van der Waals surface area contributed by atoms with E-state index in [1.54, 1.807) is 12.1 Å². The lowest BCUT2D eigenvalue weighted by molar-refractivity contribution is -0.137. The summed E-state index contributed by atoms with van der Waals surface area (Å²) in [6.07, 6.45) is 0.908. The zero-order valence-corrected chi connectivity index (χ0v) is 12.0. The van der Waals surface area contributed by atoms with Gasteiger partial charge in [-0.15, -0.1) is 0 Å². The maximum absolute atomic E-state index is 12.9. The molecule has 2 rings (SSSR count). The first kappa shape index (κ1) is 15.7. The number of nitrogens with one attached hydrogen (secondary N) is 1. The molecule has 1 aromatic rings. The molecule has 0 heterocycles. The van der Waals surface area contributed by atoms with Crippen LogP contribution >= 0.6 is 0 Å². The van der Waals surface area contributed by atoms with Crippen molar-refractivity contribution < 1.29 is 13.2 Å². The number of rotatable bonds is 3.